The summed E-state index contributed by atoms with van der Waals surface area (Å²) >= 11 is 0. The van der Waals surface area contributed by atoms with Crippen molar-refractivity contribution in [3.05, 3.63) is 12.7 Å². The van der Waals surface area contributed by atoms with Crippen molar-refractivity contribution in [2.24, 2.45) is 15.0 Å². The minimum Gasteiger partial charge on any atom is -0.459 e. The Bertz CT molecular complexity index is 218. The van der Waals surface area contributed by atoms with Crippen molar-refractivity contribution in [2.75, 3.05) is 13.7 Å². The molecule has 0 aliphatic carbocycles. The van der Waals surface area contributed by atoms with E-state index in [9.17, 15) is 0 Å². The van der Waals surface area contributed by atoms with Crippen LogP contribution in [-0.4, -0.2) is 32.2 Å². The van der Waals surface area contributed by atoms with Gasteiger partial charge in [-0.25, -0.2) is 4.99 Å². The minimum atomic E-state index is 0.220. The molecule has 0 atom stereocenters. The number of hydrogen-bond acceptors (Lipinski definition) is 2. The lowest BCUT2D eigenvalue weighted by atomic mass is 10.7. The molecule has 0 unspecified atom stereocenters. The molecule has 0 spiro atoms. The van der Waals surface area contributed by atoms with Gasteiger partial charge in [0, 0.05) is 7.05 Å². The SMILES string of the molecule is C=CCOC(N=C)=NC(C)=NC. The Morgan fingerprint density at radius 2 is 2.25 bits per heavy atom. The molecule has 0 aromatic heterocycles. The molecule has 0 saturated heterocycles. The molecule has 0 aliphatic rings. The van der Waals surface area contributed by atoms with E-state index in [1.54, 1.807) is 20.0 Å². The van der Waals surface area contributed by atoms with Crippen molar-refractivity contribution < 1.29 is 4.74 Å². The topological polar surface area (TPSA) is 46.3 Å². The van der Waals surface area contributed by atoms with Gasteiger partial charge in [0.15, 0.2) is 0 Å². The molecule has 0 saturated carbocycles. The number of nitrogens with zero attached hydrogens (tertiary/aromatic N) is 3. The monoisotopic (exact) mass is 167 g/mol. The normalized spacial score (nSPS) is 12.5. The van der Waals surface area contributed by atoms with Crippen LogP contribution >= 0.6 is 0 Å². The van der Waals surface area contributed by atoms with E-state index in [-0.39, 0.29) is 6.02 Å². The number of amidine groups is 2. The molecule has 0 rings (SSSR count). The minimum absolute atomic E-state index is 0.220. The van der Waals surface area contributed by atoms with E-state index in [4.69, 9.17) is 4.74 Å². The molecule has 66 valence electrons. The number of ether oxygens (including phenoxy) is 1. The molecule has 0 radical (unpaired) electrons. The van der Waals surface area contributed by atoms with Crippen LogP contribution in [0.15, 0.2) is 27.6 Å². The summed E-state index contributed by atoms with van der Waals surface area (Å²) in [6.07, 6.45) is 1.61. The predicted molar refractivity (Wildman–Crippen MR) is 52.2 cm³/mol. The Labute approximate surface area is 72.4 Å². The van der Waals surface area contributed by atoms with E-state index >= 15 is 0 Å². The maximum absolute atomic E-state index is 5.03. The van der Waals surface area contributed by atoms with Gasteiger partial charge in [0.25, 0.3) is 0 Å². The largest absolute Gasteiger partial charge is 0.459 e. The van der Waals surface area contributed by atoms with Crippen molar-refractivity contribution in [1.82, 2.24) is 0 Å². The van der Waals surface area contributed by atoms with Crippen LogP contribution in [0.1, 0.15) is 6.92 Å². The summed E-state index contributed by atoms with van der Waals surface area (Å²) in [5, 5.41) is 0. The maximum Gasteiger partial charge on any atom is 0.317 e. The molecule has 0 aromatic carbocycles. The highest BCUT2D eigenvalue weighted by Crippen LogP contribution is 1.87. The molecular weight excluding hydrogens is 154 g/mol. The van der Waals surface area contributed by atoms with E-state index in [1.807, 2.05) is 0 Å². The van der Waals surface area contributed by atoms with Crippen molar-refractivity contribution in [1.29, 1.82) is 0 Å². The van der Waals surface area contributed by atoms with Gasteiger partial charge in [0.2, 0.25) is 0 Å². The molecule has 0 N–H and O–H groups in total. The smallest absolute Gasteiger partial charge is 0.317 e. The zero-order valence-corrected chi connectivity index (χ0v) is 7.45. The van der Waals surface area contributed by atoms with Gasteiger partial charge in [-0.1, -0.05) is 12.7 Å². The molecule has 4 nitrogen and oxygen atoms in total. The number of rotatable bonds is 2. The van der Waals surface area contributed by atoms with Crippen LogP contribution < -0.4 is 0 Å². The highest BCUT2D eigenvalue weighted by Gasteiger charge is 1.94. The summed E-state index contributed by atoms with van der Waals surface area (Å²) in [6, 6.07) is 0.220. The highest BCUT2D eigenvalue weighted by atomic mass is 16.5. The second-order valence-electron chi connectivity index (χ2n) is 1.92. The van der Waals surface area contributed by atoms with Crippen molar-refractivity contribution in [3.63, 3.8) is 0 Å². The second kappa shape index (κ2) is 6.27. The fourth-order valence-electron chi connectivity index (χ4n) is 0.435. The fourth-order valence-corrected chi connectivity index (χ4v) is 0.435. The first-order chi connectivity index (χ1) is 5.74. The zero-order chi connectivity index (χ0) is 9.40. The Balaban J connectivity index is 4.22. The summed E-state index contributed by atoms with van der Waals surface area (Å²) in [4.78, 5) is 11.3. The number of aliphatic imine (C=N–C) groups is 3. The Morgan fingerprint density at radius 3 is 2.67 bits per heavy atom. The molecule has 0 aromatic rings. The van der Waals surface area contributed by atoms with E-state index in [0.29, 0.717) is 12.4 Å². The molecule has 0 heterocycles. The summed E-state index contributed by atoms with van der Waals surface area (Å²) in [5.74, 6) is 0.599. The summed E-state index contributed by atoms with van der Waals surface area (Å²) in [5.41, 5.74) is 0. The van der Waals surface area contributed by atoms with Gasteiger partial charge in [-0.05, 0) is 13.6 Å². The molecule has 12 heavy (non-hydrogen) atoms. The third kappa shape index (κ3) is 4.38. The first kappa shape index (κ1) is 10.6. The van der Waals surface area contributed by atoms with Gasteiger partial charge >= 0.3 is 6.02 Å². The lowest BCUT2D eigenvalue weighted by molar-refractivity contribution is 0.346. The van der Waals surface area contributed by atoms with Gasteiger partial charge in [-0.15, -0.1) is 0 Å². The Kier molecular flexibility index (Phi) is 5.51. The third-order valence-corrected chi connectivity index (χ3v) is 1.05. The first-order valence-corrected chi connectivity index (χ1v) is 3.47. The Hall–Kier alpha value is -1.45. The maximum atomic E-state index is 5.03. The standard InChI is InChI=1S/C8H13N3O/c1-5-6-12-8(10-4)11-7(2)9-3/h5H,1,4,6H2,2-3H3. The van der Waals surface area contributed by atoms with Crippen LogP contribution in [0.3, 0.4) is 0 Å². The average Bonchev–Trinajstić information content (AvgIpc) is 2.11. The highest BCUT2D eigenvalue weighted by molar-refractivity contribution is 5.93. The molecule has 0 amide bonds. The lowest BCUT2D eigenvalue weighted by Crippen LogP contribution is -2.03. The van der Waals surface area contributed by atoms with Gasteiger partial charge in [0.1, 0.15) is 12.4 Å². The molecule has 4 heteroatoms. The van der Waals surface area contributed by atoms with Crippen molar-refractivity contribution in [3.8, 4) is 0 Å². The van der Waals surface area contributed by atoms with Crippen LogP contribution in [0, 0.1) is 0 Å². The van der Waals surface area contributed by atoms with Crippen molar-refractivity contribution in [2.45, 2.75) is 6.92 Å². The average molecular weight is 167 g/mol. The van der Waals surface area contributed by atoms with Gasteiger partial charge < -0.3 is 4.74 Å². The molecular formula is C8H13N3O. The molecule has 0 aliphatic heterocycles. The summed E-state index contributed by atoms with van der Waals surface area (Å²) in [7, 11) is 1.65. The van der Waals surface area contributed by atoms with Crippen LogP contribution in [0.2, 0.25) is 0 Å². The number of hydrogen-bond donors (Lipinski definition) is 0. The molecule has 0 bridgehead atoms. The van der Waals surface area contributed by atoms with Crippen LogP contribution in [0.25, 0.3) is 0 Å². The Morgan fingerprint density at radius 1 is 1.58 bits per heavy atom. The zero-order valence-electron chi connectivity index (χ0n) is 7.45. The van der Waals surface area contributed by atoms with Gasteiger partial charge in [-0.2, -0.15) is 4.99 Å². The van der Waals surface area contributed by atoms with Crippen LogP contribution in [-0.2, 0) is 4.74 Å². The van der Waals surface area contributed by atoms with Crippen LogP contribution in [0.5, 0.6) is 0 Å². The third-order valence-electron chi connectivity index (χ3n) is 1.05. The van der Waals surface area contributed by atoms with Gasteiger partial charge in [0.05, 0.1) is 0 Å². The summed E-state index contributed by atoms with van der Waals surface area (Å²) < 4.78 is 5.03. The summed E-state index contributed by atoms with van der Waals surface area (Å²) in [6.45, 7) is 8.92. The van der Waals surface area contributed by atoms with E-state index in [0.717, 1.165) is 0 Å². The van der Waals surface area contributed by atoms with E-state index in [1.165, 1.54) is 0 Å². The fraction of sp³-hybridized carbons (Fsp3) is 0.375. The first-order valence-electron chi connectivity index (χ1n) is 3.47. The lowest BCUT2D eigenvalue weighted by Gasteiger charge is -1.99. The van der Waals surface area contributed by atoms with Gasteiger partial charge in [-0.3, -0.25) is 4.99 Å². The van der Waals surface area contributed by atoms with Crippen LogP contribution in [0.4, 0.5) is 0 Å². The van der Waals surface area contributed by atoms with E-state index in [2.05, 4.69) is 28.3 Å². The van der Waals surface area contributed by atoms with Crippen molar-refractivity contribution >= 4 is 18.6 Å². The quantitative estimate of drug-likeness (QED) is 0.347. The second-order valence-corrected chi connectivity index (χ2v) is 1.92. The van der Waals surface area contributed by atoms with E-state index < -0.39 is 0 Å². The predicted octanol–water partition coefficient (Wildman–Crippen LogP) is 1.29. The molecule has 0 fully saturated rings.